The van der Waals surface area contributed by atoms with Crippen LogP contribution >= 0.6 is 0 Å². The Balaban J connectivity index is 1.68. The highest BCUT2D eigenvalue weighted by Gasteiger charge is 2.43. The molecule has 0 radical (unpaired) electrons. The number of hydrogen-bond acceptors (Lipinski definition) is 4. The summed E-state index contributed by atoms with van der Waals surface area (Å²) in [6.45, 7) is 7.75. The van der Waals surface area contributed by atoms with Crippen LogP contribution in [0.15, 0.2) is 77.5 Å². The van der Waals surface area contributed by atoms with Crippen molar-refractivity contribution < 1.29 is 9.63 Å². The van der Waals surface area contributed by atoms with Crippen molar-refractivity contribution in [2.24, 2.45) is 5.16 Å². The number of rotatable bonds is 12. The highest BCUT2D eigenvalue weighted by molar-refractivity contribution is 6.18. The maximum Gasteiger partial charge on any atom is 0.257 e. The van der Waals surface area contributed by atoms with Crippen molar-refractivity contribution >= 4 is 17.3 Å². The zero-order chi connectivity index (χ0) is 22.8. The van der Waals surface area contributed by atoms with Crippen LogP contribution in [0.3, 0.4) is 0 Å². The van der Waals surface area contributed by atoms with E-state index in [-0.39, 0.29) is 11.9 Å². The molecule has 2 unspecified atom stereocenters. The van der Waals surface area contributed by atoms with Crippen LogP contribution in [-0.2, 0) is 9.63 Å². The molecule has 0 spiro atoms. The van der Waals surface area contributed by atoms with Crippen LogP contribution in [0.25, 0.3) is 0 Å². The maximum absolute atomic E-state index is 13.0. The summed E-state index contributed by atoms with van der Waals surface area (Å²) in [6.07, 6.45) is 6.35. The Labute approximate surface area is 192 Å². The number of oxime groups is 1. The molecule has 2 aromatic carbocycles. The van der Waals surface area contributed by atoms with Crippen LogP contribution < -0.4 is 10.2 Å². The molecule has 5 nitrogen and oxygen atoms in total. The van der Waals surface area contributed by atoms with Crippen LogP contribution in [0.1, 0.15) is 58.1 Å². The Morgan fingerprint density at radius 3 is 2.44 bits per heavy atom. The number of hydrogen-bond donors (Lipinski definition) is 1. The lowest BCUT2D eigenvalue weighted by Crippen LogP contribution is -2.49. The first-order valence-electron chi connectivity index (χ1n) is 11.7. The topological polar surface area (TPSA) is 53.9 Å². The number of nitrogens with zero attached hydrogens (tertiary/aromatic N) is 2. The first-order chi connectivity index (χ1) is 15.7. The lowest BCUT2D eigenvalue weighted by Gasteiger charge is -2.43. The fourth-order valence-electron chi connectivity index (χ4n) is 4.09. The Hall–Kier alpha value is -2.92. The van der Waals surface area contributed by atoms with Gasteiger partial charge in [-0.2, -0.15) is 0 Å². The van der Waals surface area contributed by atoms with Gasteiger partial charge >= 0.3 is 0 Å². The van der Waals surface area contributed by atoms with Crippen LogP contribution in [0, 0.1) is 0 Å². The van der Waals surface area contributed by atoms with Crippen LogP contribution in [0.2, 0.25) is 0 Å². The monoisotopic (exact) mass is 433 g/mol. The normalized spacial score (nSPS) is 18.5. The molecule has 5 heteroatoms. The van der Waals surface area contributed by atoms with Crippen molar-refractivity contribution in [3.8, 4) is 0 Å². The molecular formula is C27H35N3O2. The van der Waals surface area contributed by atoms with E-state index in [4.69, 9.17) is 4.84 Å². The Kier molecular flexibility index (Phi) is 9.05. The highest BCUT2D eigenvalue weighted by atomic mass is 16.6. The SMILES string of the molecule is CCCCC(CCON=C(C)C=C1C(=O)N(c2ccccc2)C1c1ccccc1)NCC. The predicted octanol–water partition coefficient (Wildman–Crippen LogP) is 5.65. The van der Waals surface area contributed by atoms with Crippen LogP contribution in [0.4, 0.5) is 5.69 Å². The zero-order valence-corrected chi connectivity index (χ0v) is 19.5. The molecule has 0 saturated carbocycles. The predicted molar refractivity (Wildman–Crippen MR) is 132 cm³/mol. The number of β-lactam (4-membered cyclic amide) rings is 1. The summed E-state index contributed by atoms with van der Waals surface area (Å²) in [6, 6.07) is 20.2. The van der Waals surface area contributed by atoms with Crippen LogP contribution in [-0.4, -0.2) is 30.8 Å². The van der Waals surface area contributed by atoms with E-state index < -0.39 is 0 Å². The summed E-state index contributed by atoms with van der Waals surface area (Å²) in [4.78, 5) is 20.5. The Bertz CT molecular complexity index is 909. The lowest BCUT2D eigenvalue weighted by atomic mass is 9.86. The van der Waals surface area contributed by atoms with Gasteiger partial charge in [-0.1, -0.05) is 80.4 Å². The average Bonchev–Trinajstić information content (AvgIpc) is 2.82. The summed E-state index contributed by atoms with van der Waals surface area (Å²) in [7, 11) is 0. The fraction of sp³-hybridized carbons (Fsp3) is 0.407. The van der Waals surface area contributed by atoms with E-state index in [1.807, 2.05) is 66.4 Å². The van der Waals surface area contributed by atoms with Crippen molar-refractivity contribution in [1.29, 1.82) is 0 Å². The third-order valence-electron chi connectivity index (χ3n) is 5.70. The minimum absolute atomic E-state index is 0.00591. The molecule has 1 aliphatic rings. The highest BCUT2D eigenvalue weighted by Crippen LogP contribution is 2.42. The second-order valence-corrected chi connectivity index (χ2v) is 8.18. The maximum atomic E-state index is 13.0. The van der Waals surface area contributed by atoms with Gasteiger partial charge in [0.1, 0.15) is 6.61 Å². The van der Waals surface area contributed by atoms with Gasteiger partial charge < -0.3 is 10.2 Å². The van der Waals surface area contributed by atoms with Gasteiger partial charge in [-0.15, -0.1) is 0 Å². The van der Waals surface area contributed by atoms with Gasteiger partial charge in [-0.25, -0.2) is 0 Å². The van der Waals surface area contributed by atoms with Crippen molar-refractivity contribution in [2.45, 2.75) is 58.5 Å². The summed E-state index contributed by atoms with van der Waals surface area (Å²) in [5.41, 5.74) is 3.42. The van der Waals surface area contributed by atoms with Gasteiger partial charge in [0.2, 0.25) is 0 Å². The van der Waals surface area contributed by atoms with E-state index in [0.29, 0.717) is 18.4 Å². The molecule has 1 heterocycles. The number of amides is 1. The molecule has 2 aromatic rings. The molecule has 0 aliphatic carbocycles. The summed E-state index contributed by atoms with van der Waals surface area (Å²) >= 11 is 0. The number of carbonyl (C=O) groups excluding carboxylic acids is 1. The van der Waals surface area contributed by atoms with Gasteiger partial charge in [0.15, 0.2) is 0 Å². The fourth-order valence-corrected chi connectivity index (χ4v) is 4.09. The molecule has 1 amide bonds. The summed E-state index contributed by atoms with van der Waals surface area (Å²) in [5, 5.41) is 7.78. The smallest absolute Gasteiger partial charge is 0.257 e. The minimum atomic E-state index is -0.122. The van der Waals surface area contributed by atoms with E-state index in [9.17, 15) is 4.79 Å². The summed E-state index contributed by atoms with van der Waals surface area (Å²) < 4.78 is 0. The first kappa shape index (κ1) is 23.7. The third kappa shape index (κ3) is 6.07. The number of allylic oxidation sites excluding steroid dienone is 1. The van der Waals surface area contributed by atoms with E-state index in [2.05, 4.69) is 36.5 Å². The molecule has 1 saturated heterocycles. The van der Waals surface area contributed by atoms with E-state index >= 15 is 0 Å². The quantitative estimate of drug-likeness (QED) is 0.155. The van der Waals surface area contributed by atoms with Crippen molar-refractivity contribution in [2.75, 3.05) is 18.1 Å². The molecule has 0 bridgehead atoms. The number of benzene rings is 2. The van der Waals surface area contributed by atoms with Gasteiger partial charge in [0, 0.05) is 17.3 Å². The molecule has 1 N–H and O–H groups in total. The molecule has 170 valence electrons. The number of nitrogens with one attached hydrogen (secondary N) is 1. The molecule has 2 atom stereocenters. The molecule has 1 fully saturated rings. The molecule has 0 aromatic heterocycles. The third-order valence-corrected chi connectivity index (χ3v) is 5.70. The van der Waals surface area contributed by atoms with E-state index in [1.165, 1.54) is 12.8 Å². The van der Waals surface area contributed by atoms with Gasteiger partial charge in [0.25, 0.3) is 5.91 Å². The Morgan fingerprint density at radius 2 is 1.78 bits per heavy atom. The standard InChI is InChI=1S/C27H35N3O2/c1-4-6-15-23(28-5-2)18-19-32-29-21(3)20-25-26(22-13-9-7-10-14-22)30(27(25)31)24-16-11-8-12-17-24/h7-14,16-17,20,23,26,28H,4-6,15,18-19H2,1-3H3. The zero-order valence-electron chi connectivity index (χ0n) is 19.5. The molecular weight excluding hydrogens is 398 g/mol. The second-order valence-electron chi connectivity index (χ2n) is 8.18. The van der Waals surface area contributed by atoms with Gasteiger partial charge in [-0.3, -0.25) is 9.69 Å². The van der Waals surface area contributed by atoms with Gasteiger partial charge in [0.05, 0.1) is 11.8 Å². The number of anilines is 1. The molecule has 3 rings (SSSR count). The largest absolute Gasteiger partial charge is 0.396 e. The summed E-state index contributed by atoms with van der Waals surface area (Å²) in [5.74, 6) is 0.00591. The second kappa shape index (κ2) is 12.2. The molecule has 32 heavy (non-hydrogen) atoms. The first-order valence-corrected chi connectivity index (χ1v) is 11.7. The lowest BCUT2D eigenvalue weighted by molar-refractivity contribution is -0.119. The average molecular weight is 434 g/mol. The number of carbonyl (C=O) groups is 1. The van der Waals surface area contributed by atoms with E-state index in [0.717, 1.165) is 36.2 Å². The molecule has 1 aliphatic heterocycles. The Morgan fingerprint density at radius 1 is 1.09 bits per heavy atom. The minimum Gasteiger partial charge on any atom is -0.396 e. The van der Waals surface area contributed by atoms with Crippen molar-refractivity contribution in [1.82, 2.24) is 5.32 Å². The van der Waals surface area contributed by atoms with E-state index in [1.54, 1.807) is 0 Å². The number of unbranched alkanes of at least 4 members (excludes halogenated alkanes) is 1. The van der Waals surface area contributed by atoms with Gasteiger partial charge in [-0.05, 0) is 50.1 Å². The number of para-hydroxylation sites is 1. The van der Waals surface area contributed by atoms with Crippen molar-refractivity contribution in [3.63, 3.8) is 0 Å². The van der Waals surface area contributed by atoms with Crippen LogP contribution in [0.5, 0.6) is 0 Å². The van der Waals surface area contributed by atoms with Crippen molar-refractivity contribution in [3.05, 3.63) is 77.9 Å².